The lowest BCUT2D eigenvalue weighted by molar-refractivity contribution is -0.108. The number of nitrogens with zero attached hydrogens (tertiary/aromatic N) is 1. The zero-order valence-electron chi connectivity index (χ0n) is 17.8. The summed E-state index contributed by atoms with van der Waals surface area (Å²) in [7, 11) is 0. The first kappa shape index (κ1) is 23.6. The summed E-state index contributed by atoms with van der Waals surface area (Å²) in [4.78, 5) is 23.9. The van der Waals surface area contributed by atoms with Gasteiger partial charge in [0.1, 0.15) is 0 Å². The quantitative estimate of drug-likeness (QED) is 0.300. The van der Waals surface area contributed by atoms with Crippen LogP contribution in [-0.2, 0) is 22.6 Å². The molecule has 0 fully saturated rings. The highest BCUT2D eigenvalue weighted by atomic mass is 16.5. The van der Waals surface area contributed by atoms with Gasteiger partial charge in [0.05, 0.1) is 24.3 Å². The van der Waals surface area contributed by atoms with Gasteiger partial charge in [0, 0.05) is 13.1 Å². The summed E-state index contributed by atoms with van der Waals surface area (Å²) in [6.45, 7) is 5.56. The Morgan fingerprint density at radius 1 is 0.733 bits per heavy atom. The maximum atomic E-state index is 11.9. The number of carbonyl (C=O) groups is 2. The Balaban J connectivity index is 1.83. The maximum Gasteiger partial charge on any atom is 0.338 e. The van der Waals surface area contributed by atoms with Crippen LogP contribution in [-0.4, -0.2) is 35.4 Å². The molecule has 2 aromatic carbocycles. The monoisotopic (exact) mass is 413 g/mol. The second kappa shape index (κ2) is 12.8. The van der Waals surface area contributed by atoms with E-state index < -0.39 is 0 Å². The van der Waals surface area contributed by atoms with Gasteiger partial charge in [0.25, 0.3) is 0 Å². The van der Waals surface area contributed by atoms with Crippen LogP contribution in [0.3, 0.4) is 0 Å². The van der Waals surface area contributed by atoms with Crippen LogP contribution in [0.25, 0.3) is 0 Å². The summed E-state index contributed by atoms with van der Waals surface area (Å²) in [5.74, 6) is -0.659. The molecule has 0 atom stereocenters. The van der Waals surface area contributed by atoms with Gasteiger partial charge in [0.15, 0.2) is 0 Å². The average Bonchev–Trinajstić information content (AvgIpc) is 2.75. The third-order valence-electron chi connectivity index (χ3n) is 4.57. The van der Waals surface area contributed by atoms with Crippen molar-refractivity contribution in [2.45, 2.75) is 52.6 Å². The summed E-state index contributed by atoms with van der Waals surface area (Å²) in [6, 6.07) is 14.0. The van der Waals surface area contributed by atoms with Crippen LogP contribution in [0.2, 0.25) is 0 Å². The average molecular weight is 414 g/mol. The molecule has 0 heterocycles. The molecule has 6 heteroatoms. The van der Waals surface area contributed by atoms with Crippen molar-refractivity contribution in [1.29, 1.82) is 0 Å². The van der Waals surface area contributed by atoms with Crippen molar-refractivity contribution >= 4 is 11.9 Å². The Morgan fingerprint density at radius 3 is 1.43 bits per heavy atom. The second-order valence-electron chi connectivity index (χ2n) is 7.20. The van der Waals surface area contributed by atoms with Crippen molar-refractivity contribution in [2.24, 2.45) is 0 Å². The van der Waals surface area contributed by atoms with E-state index >= 15 is 0 Å². The number of hydrogen-bond donors (Lipinski definition) is 1. The van der Waals surface area contributed by atoms with Gasteiger partial charge in [0.2, 0.25) is 0 Å². The SMILES string of the molecule is CCCCOC(=O)c1ccc(CN(O)Cc2ccc(C(=O)OCCCC)cc2)cc1. The topological polar surface area (TPSA) is 76.1 Å². The van der Waals surface area contributed by atoms with Gasteiger partial charge in [-0.15, -0.1) is 0 Å². The number of ether oxygens (including phenoxy) is 2. The van der Waals surface area contributed by atoms with Crippen molar-refractivity contribution in [3.05, 3.63) is 70.8 Å². The lowest BCUT2D eigenvalue weighted by atomic mass is 10.1. The fourth-order valence-corrected chi connectivity index (χ4v) is 2.75. The molecule has 0 aliphatic rings. The highest BCUT2D eigenvalue weighted by Gasteiger charge is 2.10. The zero-order valence-corrected chi connectivity index (χ0v) is 17.8. The number of carbonyl (C=O) groups excluding carboxylic acids is 2. The molecule has 162 valence electrons. The highest BCUT2D eigenvalue weighted by Crippen LogP contribution is 2.12. The smallest absolute Gasteiger partial charge is 0.338 e. The molecule has 1 N–H and O–H groups in total. The summed E-state index contributed by atoms with van der Waals surface area (Å²) >= 11 is 0. The number of benzene rings is 2. The van der Waals surface area contributed by atoms with Crippen molar-refractivity contribution in [3.63, 3.8) is 0 Å². The molecule has 0 radical (unpaired) electrons. The Labute approximate surface area is 178 Å². The van der Waals surface area contributed by atoms with E-state index in [0.717, 1.165) is 36.8 Å². The molecule has 2 rings (SSSR count). The standard InChI is InChI=1S/C24H31NO5/c1-3-5-15-29-23(26)21-11-7-19(8-12-21)17-25(28)18-20-9-13-22(14-10-20)24(27)30-16-6-4-2/h7-14,28H,3-6,15-18H2,1-2H3. The summed E-state index contributed by atoms with van der Waals surface area (Å²) in [5.41, 5.74) is 2.75. The number of hydroxylamine groups is 2. The van der Waals surface area contributed by atoms with Gasteiger partial charge in [-0.1, -0.05) is 51.0 Å². The van der Waals surface area contributed by atoms with Crippen LogP contribution in [0, 0.1) is 0 Å². The van der Waals surface area contributed by atoms with Gasteiger partial charge in [-0.25, -0.2) is 9.59 Å². The molecule has 30 heavy (non-hydrogen) atoms. The fraction of sp³-hybridized carbons (Fsp3) is 0.417. The minimum absolute atomic E-state index is 0.311. The molecule has 0 amide bonds. The minimum atomic E-state index is -0.329. The Morgan fingerprint density at radius 2 is 1.10 bits per heavy atom. The molecule has 2 aromatic rings. The minimum Gasteiger partial charge on any atom is -0.462 e. The Hall–Kier alpha value is -2.70. The van der Waals surface area contributed by atoms with Crippen molar-refractivity contribution in [1.82, 2.24) is 5.06 Å². The fourth-order valence-electron chi connectivity index (χ4n) is 2.75. The van der Waals surface area contributed by atoms with Crippen LogP contribution >= 0.6 is 0 Å². The summed E-state index contributed by atoms with van der Waals surface area (Å²) in [5, 5.41) is 11.4. The van der Waals surface area contributed by atoms with Crippen molar-refractivity contribution in [2.75, 3.05) is 13.2 Å². The van der Waals surface area contributed by atoms with E-state index in [2.05, 4.69) is 0 Å². The van der Waals surface area contributed by atoms with Gasteiger partial charge < -0.3 is 14.7 Å². The molecule has 0 spiro atoms. The first-order valence-electron chi connectivity index (χ1n) is 10.5. The highest BCUT2D eigenvalue weighted by molar-refractivity contribution is 5.89. The molecule has 0 bridgehead atoms. The summed E-state index contributed by atoms with van der Waals surface area (Å²) in [6.07, 6.45) is 3.66. The van der Waals surface area contributed by atoms with Gasteiger partial charge in [-0.2, -0.15) is 5.06 Å². The van der Waals surface area contributed by atoms with E-state index in [-0.39, 0.29) is 11.9 Å². The number of hydrogen-bond acceptors (Lipinski definition) is 6. The van der Waals surface area contributed by atoms with E-state index in [1.165, 1.54) is 5.06 Å². The number of esters is 2. The lowest BCUT2D eigenvalue weighted by Gasteiger charge is -2.15. The third-order valence-corrected chi connectivity index (χ3v) is 4.57. The first-order valence-corrected chi connectivity index (χ1v) is 10.5. The van der Waals surface area contributed by atoms with Crippen LogP contribution < -0.4 is 0 Å². The predicted molar refractivity (Wildman–Crippen MR) is 114 cm³/mol. The Bertz CT molecular complexity index is 719. The normalized spacial score (nSPS) is 10.8. The van der Waals surface area contributed by atoms with E-state index in [1.807, 2.05) is 13.8 Å². The van der Waals surface area contributed by atoms with Crippen molar-refractivity contribution in [3.8, 4) is 0 Å². The van der Waals surface area contributed by atoms with Gasteiger partial charge >= 0.3 is 11.9 Å². The molecule has 0 aliphatic carbocycles. The molecule has 0 saturated carbocycles. The van der Waals surface area contributed by atoms with Crippen LogP contribution in [0.1, 0.15) is 71.4 Å². The molecule has 0 aliphatic heterocycles. The van der Waals surface area contributed by atoms with Crippen LogP contribution in [0.4, 0.5) is 0 Å². The molecule has 6 nitrogen and oxygen atoms in total. The van der Waals surface area contributed by atoms with Gasteiger partial charge in [-0.3, -0.25) is 0 Å². The van der Waals surface area contributed by atoms with E-state index in [9.17, 15) is 14.8 Å². The van der Waals surface area contributed by atoms with Crippen LogP contribution in [0.15, 0.2) is 48.5 Å². The van der Waals surface area contributed by atoms with E-state index in [4.69, 9.17) is 9.47 Å². The van der Waals surface area contributed by atoms with Gasteiger partial charge in [-0.05, 0) is 48.2 Å². The Kier molecular flexibility index (Phi) is 10.0. The number of unbranched alkanes of at least 4 members (excludes halogenated alkanes) is 2. The van der Waals surface area contributed by atoms with Crippen molar-refractivity contribution < 1.29 is 24.3 Å². The summed E-state index contributed by atoms with van der Waals surface area (Å²) < 4.78 is 10.4. The molecular formula is C24H31NO5. The second-order valence-corrected chi connectivity index (χ2v) is 7.20. The number of rotatable bonds is 12. The lowest BCUT2D eigenvalue weighted by Crippen LogP contribution is -2.18. The van der Waals surface area contributed by atoms with Crippen LogP contribution in [0.5, 0.6) is 0 Å². The third kappa shape index (κ3) is 7.97. The molecule has 0 aromatic heterocycles. The van der Waals surface area contributed by atoms with E-state index in [0.29, 0.717) is 37.4 Å². The molecular weight excluding hydrogens is 382 g/mol. The molecule has 0 unspecified atom stereocenters. The maximum absolute atomic E-state index is 11.9. The molecule has 0 saturated heterocycles. The first-order chi connectivity index (χ1) is 14.5. The largest absolute Gasteiger partial charge is 0.462 e. The predicted octanol–water partition coefficient (Wildman–Crippen LogP) is 4.99. The van der Waals surface area contributed by atoms with E-state index in [1.54, 1.807) is 48.5 Å². The zero-order chi connectivity index (χ0) is 21.8.